The van der Waals surface area contributed by atoms with Gasteiger partial charge < -0.3 is 18.9 Å². The van der Waals surface area contributed by atoms with Crippen molar-refractivity contribution in [1.82, 2.24) is 0 Å². The maximum atomic E-state index is 13.0. The van der Waals surface area contributed by atoms with Crippen LogP contribution in [0.25, 0.3) is 0 Å². The van der Waals surface area contributed by atoms with Gasteiger partial charge >= 0.3 is 5.97 Å². The summed E-state index contributed by atoms with van der Waals surface area (Å²) in [6, 6.07) is 15.7. The lowest BCUT2D eigenvalue weighted by molar-refractivity contribution is -0.0768. The van der Waals surface area contributed by atoms with Crippen LogP contribution in [0.2, 0.25) is 0 Å². The van der Waals surface area contributed by atoms with E-state index < -0.39 is 0 Å². The molecule has 0 aliphatic heterocycles. The van der Waals surface area contributed by atoms with Crippen LogP contribution in [0.5, 0.6) is 5.75 Å². The summed E-state index contributed by atoms with van der Waals surface area (Å²) >= 11 is 0. The zero-order valence-electron chi connectivity index (χ0n) is 20.7. The third-order valence-electron chi connectivity index (χ3n) is 7.40. The van der Waals surface area contributed by atoms with Crippen molar-refractivity contribution < 1.29 is 23.7 Å². The molecule has 0 spiro atoms. The van der Waals surface area contributed by atoms with Crippen LogP contribution >= 0.6 is 0 Å². The molecule has 4 rings (SSSR count). The maximum absolute atomic E-state index is 13.0. The van der Waals surface area contributed by atoms with Crippen molar-refractivity contribution in [2.24, 2.45) is 11.3 Å². The van der Waals surface area contributed by atoms with E-state index in [0.717, 1.165) is 31.4 Å². The molecule has 2 aliphatic carbocycles. The highest BCUT2D eigenvalue weighted by atomic mass is 16.7. The van der Waals surface area contributed by atoms with Gasteiger partial charge in [0, 0.05) is 24.4 Å². The van der Waals surface area contributed by atoms with E-state index in [1.165, 1.54) is 16.7 Å². The molecule has 0 aromatic heterocycles. The van der Waals surface area contributed by atoms with Crippen LogP contribution in [-0.4, -0.2) is 39.7 Å². The molecule has 4 atom stereocenters. The molecular formula is C29H36O5. The highest BCUT2D eigenvalue weighted by molar-refractivity contribution is 5.89. The van der Waals surface area contributed by atoms with Crippen molar-refractivity contribution in [2.45, 2.75) is 51.6 Å². The second-order valence-corrected chi connectivity index (χ2v) is 9.61. The van der Waals surface area contributed by atoms with Gasteiger partial charge in [-0.2, -0.15) is 0 Å². The molecule has 0 saturated heterocycles. The van der Waals surface area contributed by atoms with Gasteiger partial charge in [0.25, 0.3) is 0 Å². The number of hydrogen-bond donors (Lipinski definition) is 0. The predicted molar refractivity (Wildman–Crippen MR) is 132 cm³/mol. The Morgan fingerprint density at radius 2 is 1.94 bits per heavy atom. The molecule has 0 amide bonds. The fraction of sp³-hybridized carbons (Fsp3) is 0.483. The second-order valence-electron chi connectivity index (χ2n) is 9.61. The maximum Gasteiger partial charge on any atom is 0.338 e. The molecule has 2 aromatic rings. The number of hydrogen-bond acceptors (Lipinski definition) is 5. The minimum atomic E-state index is -0.258. The van der Waals surface area contributed by atoms with Crippen LogP contribution in [0.15, 0.2) is 60.2 Å². The van der Waals surface area contributed by atoms with Crippen LogP contribution in [0.1, 0.15) is 60.5 Å². The number of carbonyl (C=O) groups excluding carboxylic acids is 1. The van der Waals surface area contributed by atoms with Gasteiger partial charge in [-0.1, -0.05) is 42.8 Å². The average Bonchev–Trinajstić information content (AvgIpc) is 2.86. The lowest BCUT2D eigenvalue weighted by Gasteiger charge is -2.51. The molecule has 0 heterocycles. The number of benzene rings is 2. The fourth-order valence-corrected chi connectivity index (χ4v) is 6.04. The van der Waals surface area contributed by atoms with Gasteiger partial charge in [0.05, 0.1) is 19.3 Å². The Morgan fingerprint density at radius 3 is 2.65 bits per heavy atom. The molecule has 2 aromatic carbocycles. The van der Waals surface area contributed by atoms with Crippen LogP contribution in [0.3, 0.4) is 0 Å². The molecular weight excluding hydrogens is 428 g/mol. The molecule has 1 unspecified atom stereocenters. The summed E-state index contributed by atoms with van der Waals surface area (Å²) in [6.45, 7) is 5.14. The summed E-state index contributed by atoms with van der Waals surface area (Å²) in [4.78, 5) is 13.0. The molecule has 5 heteroatoms. The summed E-state index contributed by atoms with van der Waals surface area (Å²) in [5, 5.41) is 0. The predicted octanol–water partition coefficient (Wildman–Crippen LogP) is 5.93. The van der Waals surface area contributed by atoms with E-state index in [1.807, 2.05) is 36.4 Å². The zero-order chi connectivity index (χ0) is 24.1. The minimum absolute atomic E-state index is 0.154. The third kappa shape index (κ3) is 4.91. The van der Waals surface area contributed by atoms with Crippen molar-refractivity contribution in [3.05, 3.63) is 76.9 Å². The summed E-state index contributed by atoms with van der Waals surface area (Å²) < 4.78 is 22.9. The highest BCUT2D eigenvalue weighted by Crippen LogP contribution is 2.57. The molecule has 0 N–H and O–H groups in total. The monoisotopic (exact) mass is 464 g/mol. The lowest BCUT2D eigenvalue weighted by Crippen LogP contribution is -2.47. The van der Waals surface area contributed by atoms with E-state index in [9.17, 15) is 4.79 Å². The first-order chi connectivity index (χ1) is 16.5. The van der Waals surface area contributed by atoms with Crippen molar-refractivity contribution >= 4 is 5.97 Å². The normalized spacial score (nSPS) is 24.4. The summed E-state index contributed by atoms with van der Waals surface area (Å²) in [5.74, 6) is 0.952. The van der Waals surface area contributed by atoms with E-state index >= 15 is 0 Å². The Hall–Kier alpha value is -2.63. The number of rotatable bonds is 9. The molecule has 0 bridgehead atoms. The Kier molecular flexibility index (Phi) is 7.74. The molecule has 0 radical (unpaired) electrons. The van der Waals surface area contributed by atoms with Crippen molar-refractivity contribution in [3.63, 3.8) is 0 Å². The number of ether oxygens (including phenoxy) is 4. The number of esters is 1. The number of fused-ring (bicyclic) bond motifs is 3. The Bertz CT molecular complexity index is 1010. The summed E-state index contributed by atoms with van der Waals surface area (Å²) in [7, 11) is 3.36. The zero-order valence-corrected chi connectivity index (χ0v) is 20.7. The van der Waals surface area contributed by atoms with E-state index in [-0.39, 0.29) is 36.1 Å². The topological polar surface area (TPSA) is 54.0 Å². The van der Waals surface area contributed by atoms with Gasteiger partial charge in [-0.15, -0.1) is 0 Å². The standard InChI is InChI=1S/C29H36O5/c1-5-26(34-28(30)21-9-7-6-8-10-21)25-15-20(2)17-29(18-33-19-31-3)14-13-22-16-23(32-4)11-12-24(22)27(25)29/h6-12,16-17,25-27H,5,13-15,18-19H2,1-4H3/t25-,26?,27+,29-/m0/s1. The summed E-state index contributed by atoms with van der Waals surface area (Å²) in [6.07, 6.45) is 5.80. The van der Waals surface area contributed by atoms with E-state index in [1.54, 1.807) is 14.2 Å². The number of carbonyl (C=O) groups is 1. The Labute approximate surface area is 203 Å². The van der Waals surface area contributed by atoms with E-state index in [2.05, 4.69) is 32.1 Å². The van der Waals surface area contributed by atoms with Crippen LogP contribution in [0, 0.1) is 11.3 Å². The highest BCUT2D eigenvalue weighted by Gasteiger charge is 2.50. The largest absolute Gasteiger partial charge is 0.497 e. The van der Waals surface area contributed by atoms with Gasteiger partial charge in [-0.3, -0.25) is 0 Å². The van der Waals surface area contributed by atoms with Crippen molar-refractivity contribution in [2.75, 3.05) is 27.6 Å². The van der Waals surface area contributed by atoms with Gasteiger partial charge in [-0.25, -0.2) is 4.79 Å². The molecule has 2 aliphatic rings. The average molecular weight is 465 g/mol. The first-order valence-corrected chi connectivity index (χ1v) is 12.2. The minimum Gasteiger partial charge on any atom is -0.497 e. The first kappa shape index (κ1) is 24.5. The SMILES string of the molecule is CCC(OC(=O)c1ccccc1)[C@@H]1CC(C)=C[C@]2(COCOC)CCc3cc(OC)ccc3[C@H]12. The third-order valence-corrected chi connectivity index (χ3v) is 7.40. The fourth-order valence-electron chi connectivity index (χ4n) is 6.04. The Morgan fingerprint density at radius 1 is 1.15 bits per heavy atom. The van der Waals surface area contributed by atoms with E-state index in [0.29, 0.717) is 12.2 Å². The number of methoxy groups -OCH3 is 2. The quantitative estimate of drug-likeness (QED) is 0.199. The number of allylic oxidation sites excluding steroid dienone is 1. The van der Waals surface area contributed by atoms with Crippen molar-refractivity contribution in [1.29, 1.82) is 0 Å². The molecule has 182 valence electrons. The van der Waals surface area contributed by atoms with Gasteiger partial charge in [-0.05, 0) is 68.0 Å². The van der Waals surface area contributed by atoms with Crippen molar-refractivity contribution in [3.8, 4) is 5.75 Å². The summed E-state index contributed by atoms with van der Waals surface area (Å²) in [5.41, 5.74) is 4.38. The van der Waals surface area contributed by atoms with Gasteiger partial charge in [0.2, 0.25) is 0 Å². The van der Waals surface area contributed by atoms with Crippen LogP contribution < -0.4 is 4.74 Å². The molecule has 5 nitrogen and oxygen atoms in total. The van der Waals surface area contributed by atoms with Gasteiger partial charge in [0.15, 0.2) is 0 Å². The second kappa shape index (κ2) is 10.7. The van der Waals surface area contributed by atoms with E-state index in [4.69, 9.17) is 18.9 Å². The molecule has 0 fully saturated rings. The number of aryl methyl sites for hydroxylation is 1. The van der Waals surface area contributed by atoms with Gasteiger partial charge in [0.1, 0.15) is 18.6 Å². The smallest absolute Gasteiger partial charge is 0.338 e. The Balaban J connectivity index is 1.73. The molecule has 0 saturated carbocycles. The molecule has 34 heavy (non-hydrogen) atoms. The first-order valence-electron chi connectivity index (χ1n) is 12.2. The lowest BCUT2D eigenvalue weighted by atomic mass is 9.55. The van der Waals surface area contributed by atoms with Crippen LogP contribution in [-0.2, 0) is 20.6 Å². The van der Waals surface area contributed by atoms with Crippen LogP contribution in [0.4, 0.5) is 0 Å².